The molecule has 4 aromatic rings. The fourth-order valence-electron chi connectivity index (χ4n) is 6.59. The molecule has 2 aliphatic rings. The van der Waals surface area contributed by atoms with E-state index in [4.69, 9.17) is 0 Å². The van der Waals surface area contributed by atoms with Crippen molar-refractivity contribution in [2.75, 3.05) is 13.1 Å². The number of amides is 1. The molecule has 1 aliphatic carbocycles. The lowest BCUT2D eigenvalue weighted by atomic mass is 9.84. The number of benzene rings is 4. The van der Waals surface area contributed by atoms with E-state index in [1.807, 2.05) is 11.0 Å². The highest BCUT2D eigenvalue weighted by Gasteiger charge is 2.35. The van der Waals surface area contributed by atoms with E-state index in [0.29, 0.717) is 12.1 Å². The fourth-order valence-corrected chi connectivity index (χ4v) is 6.59. The van der Waals surface area contributed by atoms with Crippen molar-refractivity contribution >= 4 is 5.91 Å². The minimum atomic E-state index is -0.258. The maximum Gasteiger partial charge on any atom is 0.237 e. The topological polar surface area (TPSA) is 23.6 Å². The maximum absolute atomic E-state index is 14.8. The molecule has 0 bridgehead atoms. The van der Waals surface area contributed by atoms with Crippen LogP contribution in [0.15, 0.2) is 91.0 Å². The lowest BCUT2D eigenvalue weighted by molar-refractivity contribution is -0.136. The van der Waals surface area contributed by atoms with Gasteiger partial charge in [-0.25, -0.2) is 4.39 Å². The number of aryl methyl sites for hydroxylation is 2. The van der Waals surface area contributed by atoms with E-state index in [0.717, 1.165) is 25.8 Å². The van der Waals surface area contributed by atoms with Gasteiger partial charge in [0, 0.05) is 24.7 Å². The maximum atomic E-state index is 14.8. The van der Waals surface area contributed by atoms with Crippen LogP contribution in [0.25, 0.3) is 0 Å². The van der Waals surface area contributed by atoms with Crippen molar-refractivity contribution in [3.8, 4) is 0 Å². The first-order valence-electron chi connectivity index (χ1n) is 14.0. The minimum Gasteiger partial charge on any atom is -0.333 e. The smallest absolute Gasteiger partial charge is 0.237 e. The number of fused-ring (bicyclic) bond motifs is 2. The van der Waals surface area contributed by atoms with Crippen molar-refractivity contribution in [2.45, 2.75) is 51.7 Å². The van der Waals surface area contributed by atoms with E-state index in [-0.39, 0.29) is 30.4 Å². The van der Waals surface area contributed by atoms with Crippen LogP contribution in [0.4, 0.5) is 4.39 Å². The third-order valence-electron chi connectivity index (χ3n) is 8.63. The van der Waals surface area contributed by atoms with Crippen LogP contribution in [-0.4, -0.2) is 34.8 Å². The van der Waals surface area contributed by atoms with E-state index >= 15 is 0 Å². The van der Waals surface area contributed by atoms with Crippen molar-refractivity contribution in [3.05, 3.63) is 141 Å². The Hall–Kier alpha value is -3.76. The standard InChI is InChI=1S/C35H35FN2O/c1-24-10-3-7-16-31(24)35-34-25(2)11-9-15-26(34)18-19-37(35)23-33(39)38(22-29-14-6-8-17-32(29)36)30-20-27-12-4-5-13-28(27)21-30/h3-17,30,35H,18-23H2,1-2H3. The summed E-state index contributed by atoms with van der Waals surface area (Å²) in [6.07, 6.45) is 2.52. The van der Waals surface area contributed by atoms with Crippen LogP contribution in [0.5, 0.6) is 0 Å². The summed E-state index contributed by atoms with van der Waals surface area (Å²) in [6.45, 7) is 5.72. The van der Waals surface area contributed by atoms with Crippen LogP contribution in [0.3, 0.4) is 0 Å². The molecule has 0 saturated carbocycles. The average molecular weight is 519 g/mol. The second kappa shape index (κ2) is 10.8. The highest BCUT2D eigenvalue weighted by atomic mass is 19.1. The van der Waals surface area contributed by atoms with E-state index in [1.54, 1.807) is 12.1 Å². The van der Waals surface area contributed by atoms with Gasteiger partial charge in [-0.05, 0) is 78.1 Å². The first kappa shape index (κ1) is 25.5. The van der Waals surface area contributed by atoms with Crippen LogP contribution in [0.2, 0.25) is 0 Å². The normalized spacial score (nSPS) is 17.1. The summed E-state index contributed by atoms with van der Waals surface area (Å²) in [5.41, 5.74) is 9.55. The second-order valence-electron chi connectivity index (χ2n) is 11.1. The van der Waals surface area contributed by atoms with Gasteiger partial charge in [0.1, 0.15) is 5.82 Å². The molecule has 0 radical (unpaired) electrons. The molecule has 1 heterocycles. The molecule has 1 aliphatic heterocycles. The van der Waals surface area contributed by atoms with E-state index in [2.05, 4.69) is 85.5 Å². The Morgan fingerprint density at radius 1 is 0.821 bits per heavy atom. The van der Waals surface area contributed by atoms with Gasteiger partial charge in [0.25, 0.3) is 0 Å². The van der Waals surface area contributed by atoms with E-state index in [1.165, 1.54) is 45.0 Å². The lowest BCUT2D eigenvalue weighted by Crippen LogP contribution is -2.48. The average Bonchev–Trinajstić information content (AvgIpc) is 3.37. The zero-order chi connectivity index (χ0) is 26.9. The quantitative estimate of drug-likeness (QED) is 0.288. The van der Waals surface area contributed by atoms with Crippen LogP contribution < -0.4 is 0 Å². The van der Waals surface area contributed by atoms with Crippen LogP contribution in [-0.2, 0) is 30.6 Å². The summed E-state index contributed by atoms with van der Waals surface area (Å²) in [5.74, 6) is -0.196. The Labute approximate surface area is 230 Å². The zero-order valence-corrected chi connectivity index (χ0v) is 22.7. The van der Waals surface area contributed by atoms with Gasteiger partial charge in [-0.1, -0.05) is 84.9 Å². The predicted octanol–water partition coefficient (Wildman–Crippen LogP) is 6.59. The molecule has 39 heavy (non-hydrogen) atoms. The third kappa shape index (κ3) is 5.02. The number of hydrogen-bond acceptors (Lipinski definition) is 2. The molecule has 4 heteroatoms. The monoisotopic (exact) mass is 518 g/mol. The van der Waals surface area contributed by atoms with Gasteiger partial charge in [0.2, 0.25) is 5.91 Å². The molecule has 0 aromatic heterocycles. The van der Waals surface area contributed by atoms with Crippen molar-refractivity contribution in [2.24, 2.45) is 0 Å². The van der Waals surface area contributed by atoms with Gasteiger partial charge >= 0.3 is 0 Å². The van der Waals surface area contributed by atoms with Gasteiger partial charge in [-0.3, -0.25) is 9.69 Å². The van der Waals surface area contributed by atoms with Crippen molar-refractivity contribution in [1.82, 2.24) is 9.80 Å². The van der Waals surface area contributed by atoms with Gasteiger partial charge in [0.05, 0.1) is 12.6 Å². The molecule has 3 nitrogen and oxygen atoms in total. The summed E-state index contributed by atoms with van der Waals surface area (Å²) in [7, 11) is 0. The van der Waals surface area contributed by atoms with Gasteiger partial charge in [-0.2, -0.15) is 0 Å². The highest BCUT2D eigenvalue weighted by Crippen LogP contribution is 2.38. The SMILES string of the molecule is Cc1ccccc1C1c2c(C)cccc2CCN1CC(=O)N(Cc1ccccc1F)C1Cc2ccccc2C1. The molecule has 1 amide bonds. The van der Waals surface area contributed by atoms with Crippen LogP contribution >= 0.6 is 0 Å². The van der Waals surface area contributed by atoms with Gasteiger partial charge in [0.15, 0.2) is 0 Å². The summed E-state index contributed by atoms with van der Waals surface area (Å²) in [5, 5.41) is 0. The Morgan fingerprint density at radius 3 is 2.21 bits per heavy atom. The Bertz CT molecular complexity index is 1490. The van der Waals surface area contributed by atoms with Crippen LogP contribution in [0.1, 0.15) is 50.5 Å². The van der Waals surface area contributed by atoms with E-state index in [9.17, 15) is 9.18 Å². The molecule has 198 valence electrons. The fraction of sp³-hybridized carbons (Fsp3) is 0.286. The molecule has 0 fully saturated rings. The number of nitrogens with zero attached hydrogens (tertiary/aromatic N) is 2. The first-order valence-corrected chi connectivity index (χ1v) is 14.0. The number of halogens is 1. The summed E-state index contributed by atoms with van der Waals surface area (Å²) >= 11 is 0. The number of hydrogen-bond donors (Lipinski definition) is 0. The summed E-state index contributed by atoms with van der Waals surface area (Å²) in [4.78, 5) is 18.6. The number of carbonyl (C=O) groups excluding carboxylic acids is 1. The largest absolute Gasteiger partial charge is 0.333 e. The van der Waals surface area contributed by atoms with Crippen LogP contribution in [0, 0.1) is 19.7 Å². The summed E-state index contributed by atoms with van der Waals surface area (Å²) < 4.78 is 14.8. The molecular weight excluding hydrogens is 483 g/mol. The Morgan fingerprint density at radius 2 is 1.46 bits per heavy atom. The van der Waals surface area contributed by atoms with E-state index < -0.39 is 0 Å². The minimum absolute atomic E-state index is 0.0104. The third-order valence-corrected chi connectivity index (χ3v) is 8.63. The Kier molecular flexibility index (Phi) is 7.05. The molecule has 1 atom stereocenters. The second-order valence-corrected chi connectivity index (χ2v) is 11.1. The van der Waals surface area contributed by atoms with Crippen molar-refractivity contribution < 1.29 is 9.18 Å². The first-order chi connectivity index (χ1) is 19.0. The molecule has 0 saturated heterocycles. The molecule has 4 aromatic carbocycles. The van der Waals surface area contributed by atoms with Crippen molar-refractivity contribution in [3.63, 3.8) is 0 Å². The summed E-state index contributed by atoms with van der Waals surface area (Å²) in [6, 6.07) is 30.4. The van der Waals surface area contributed by atoms with Gasteiger partial charge < -0.3 is 4.90 Å². The Balaban J connectivity index is 1.34. The molecule has 6 rings (SSSR count). The van der Waals surface area contributed by atoms with Gasteiger partial charge in [-0.15, -0.1) is 0 Å². The zero-order valence-electron chi connectivity index (χ0n) is 22.7. The molecular formula is C35H35FN2O. The highest BCUT2D eigenvalue weighted by molar-refractivity contribution is 5.79. The number of carbonyl (C=O) groups is 1. The van der Waals surface area contributed by atoms with Crippen molar-refractivity contribution in [1.29, 1.82) is 0 Å². The predicted molar refractivity (Wildman–Crippen MR) is 154 cm³/mol. The molecule has 0 spiro atoms. The molecule has 1 unspecified atom stereocenters. The number of rotatable bonds is 6. The lowest BCUT2D eigenvalue weighted by Gasteiger charge is -2.40. The molecule has 0 N–H and O–H groups in total.